The number of aryl methyl sites for hydroxylation is 1. The van der Waals surface area contributed by atoms with Crippen molar-refractivity contribution in [3.63, 3.8) is 0 Å². The molecule has 0 saturated heterocycles. The molecule has 1 aromatic carbocycles. The third-order valence-corrected chi connectivity index (χ3v) is 1.93. The monoisotopic (exact) mass is 201 g/mol. The van der Waals surface area contributed by atoms with Gasteiger partial charge in [0.15, 0.2) is 0 Å². The van der Waals surface area contributed by atoms with Gasteiger partial charge in [0.25, 0.3) is 0 Å². The summed E-state index contributed by atoms with van der Waals surface area (Å²) in [7, 11) is 0. The minimum atomic E-state index is -0.454. The van der Waals surface area contributed by atoms with Crippen LogP contribution in [0.1, 0.15) is 12.0 Å². The lowest BCUT2D eigenvalue weighted by Gasteiger charge is -2.00. The average Bonchev–Trinajstić information content (AvgIpc) is 2.07. The second-order valence-electron chi connectivity index (χ2n) is 2.71. The SMILES string of the molecule is NC(=O)CCc1ccc(F)c(Cl)c1. The molecular formula is C9H9ClFNO. The lowest BCUT2D eigenvalue weighted by Crippen LogP contribution is -2.11. The molecule has 0 atom stereocenters. The molecule has 13 heavy (non-hydrogen) atoms. The van der Waals surface area contributed by atoms with Crippen molar-refractivity contribution >= 4 is 17.5 Å². The Labute approximate surface area is 80.5 Å². The molecule has 0 heterocycles. The molecular weight excluding hydrogens is 193 g/mol. The Balaban J connectivity index is 2.68. The molecule has 0 radical (unpaired) electrons. The van der Waals surface area contributed by atoms with Crippen LogP contribution in [0.15, 0.2) is 18.2 Å². The molecule has 0 aromatic heterocycles. The highest BCUT2D eigenvalue weighted by molar-refractivity contribution is 6.30. The van der Waals surface area contributed by atoms with E-state index in [0.717, 1.165) is 5.56 Å². The van der Waals surface area contributed by atoms with Crippen LogP contribution in [0.2, 0.25) is 5.02 Å². The highest BCUT2D eigenvalue weighted by Gasteiger charge is 2.01. The van der Waals surface area contributed by atoms with Crippen molar-refractivity contribution in [2.45, 2.75) is 12.8 Å². The standard InChI is InChI=1S/C9H9ClFNO/c10-7-5-6(1-3-8(7)11)2-4-9(12)13/h1,3,5H,2,4H2,(H2,12,13). The lowest BCUT2D eigenvalue weighted by atomic mass is 10.1. The van der Waals surface area contributed by atoms with E-state index >= 15 is 0 Å². The van der Waals surface area contributed by atoms with Gasteiger partial charge in [-0.25, -0.2) is 4.39 Å². The summed E-state index contributed by atoms with van der Waals surface area (Å²) >= 11 is 5.54. The highest BCUT2D eigenvalue weighted by atomic mass is 35.5. The van der Waals surface area contributed by atoms with Gasteiger partial charge in [0.2, 0.25) is 5.91 Å². The van der Waals surface area contributed by atoms with E-state index in [2.05, 4.69) is 0 Å². The number of benzene rings is 1. The molecule has 0 fully saturated rings. The van der Waals surface area contributed by atoms with Gasteiger partial charge in [-0.1, -0.05) is 17.7 Å². The van der Waals surface area contributed by atoms with Gasteiger partial charge in [0.05, 0.1) is 5.02 Å². The average molecular weight is 202 g/mol. The quantitative estimate of drug-likeness (QED) is 0.798. The number of carbonyl (C=O) groups is 1. The van der Waals surface area contributed by atoms with Gasteiger partial charge in [-0.05, 0) is 24.1 Å². The van der Waals surface area contributed by atoms with E-state index in [-0.39, 0.29) is 17.4 Å². The maximum absolute atomic E-state index is 12.7. The van der Waals surface area contributed by atoms with Crippen LogP contribution in [0.5, 0.6) is 0 Å². The summed E-state index contributed by atoms with van der Waals surface area (Å²) in [6.07, 6.45) is 0.747. The third kappa shape index (κ3) is 3.03. The number of primary amides is 1. The second-order valence-corrected chi connectivity index (χ2v) is 3.12. The lowest BCUT2D eigenvalue weighted by molar-refractivity contribution is -0.117. The molecule has 70 valence electrons. The van der Waals surface area contributed by atoms with Gasteiger partial charge in [0, 0.05) is 6.42 Å². The Kier molecular flexibility index (Phi) is 3.25. The van der Waals surface area contributed by atoms with Crippen LogP contribution < -0.4 is 5.73 Å². The summed E-state index contributed by atoms with van der Waals surface area (Å²) in [6.45, 7) is 0. The van der Waals surface area contributed by atoms with Crippen molar-refractivity contribution in [1.82, 2.24) is 0 Å². The largest absolute Gasteiger partial charge is 0.370 e. The molecule has 0 bridgehead atoms. The van der Waals surface area contributed by atoms with Gasteiger partial charge in [0.1, 0.15) is 5.82 Å². The molecule has 0 saturated carbocycles. The van der Waals surface area contributed by atoms with Gasteiger partial charge in [-0.3, -0.25) is 4.79 Å². The topological polar surface area (TPSA) is 43.1 Å². The van der Waals surface area contributed by atoms with Crippen molar-refractivity contribution in [3.05, 3.63) is 34.6 Å². The molecule has 0 spiro atoms. The zero-order chi connectivity index (χ0) is 9.84. The van der Waals surface area contributed by atoms with Gasteiger partial charge in [-0.2, -0.15) is 0 Å². The molecule has 1 amide bonds. The fourth-order valence-electron chi connectivity index (χ4n) is 0.963. The summed E-state index contributed by atoms with van der Waals surface area (Å²) in [5.74, 6) is -0.829. The van der Waals surface area contributed by atoms with Crippen LogP contribution in [-0.4, -0.2) is 5.91 Å². The smallest absolute Gasteiger partial charge is 0.217 e. The van der Waals surface area contributed by atoms with E-state index in [1.54, 1.807) is 6.07 Å². The fourth-order valence-corrected chi connectivity index (χ4v) is 1.17. The highest BCUT2D eigenvalue weighted by Crippen LogP contribution is 2.16. The van der Waals surface area contributed by atoms with Crippen LogP contribution in [0.3, 0.4) is 0 Å². The summed E-state index contributed by atoms with van der Waals surface area (Å²) in [4.78, 5) is 10.4. The first-order chi connectivity index (χ1) is 6.09. The van der Waals surface area contributed by atoms with Gasteiger partial charge >= 0.3 is 0 Å². The van der Waals surface area contributed by atoms with Crippen LogP contribution in [-0.2, 0) is 11.2 Å². The van der Waals surface area contributed by atoms with E-state index in [1.165, 1.54) is 12.1 Å². The molecule has 1 aromatic rings. The van der Waals surface area contributed by atoms with Crippen molar-refractivity contribution in [1.29, 1.82) is 0 Å². The Bertz CT molecular complexity index is 327. The minimum Gasteiger partial charge on any atom is -0.370 e. The zero-order valence-corrected chi connectivity index (χ0v) is 7.64. The summed E-state index contributed by atoms with van der Waals surface area (Å²) in [5.41, 5.74) is 5.77. The van der Waals surface area contributed by atoms with Crippen LogP contribution >= 0.6 is 11.6 Å². The fraction of sp³-hybridized carbons (Fsp3) is 0.222. The zero-order valence-electron chi connectivity index (χ0n) is 6.89. The minimum absolute atomic E-state index is 0.0713. The second kappa shape index (κ2) is 4.23. The summed E-state index contributed by atoms with van der Waals surface area (Å²) < 4.78 is 12.7. The predicted molar refractivity (Wildman–Crippen MR) is 48.9 cm³/mol. The first-order valence-corrected chi connectivity index (χ1v) is 4.19. The van der Waals surface area contributed by atoms with Gasteiger partial charge in [-0.15, -0.1) is 0 Å². The molecule has 0 aliphatic rings. The van der Waals surface area contributed by atoms with Crippen molar-refractivity contribution < 1.29 is 9.18 Å². The first kappa shape index (κ1) is 9.99. The van der Waals surface area contributed by atoms with Crippen molar-refractivity contribution in [2.24, 2.45) is 5.73 Å². The Morgan fingerprint density at radius 3 is 2.77 bits per heavy atom. The Hall–Kier alpha value is -1.09. The Morgan fingerprint density at radius 2 is 2.23 bits per heavy atom. The van der Waals surface area contributed by atoms with Crippen molar-refractivity contribution in [3.8, 4) is 0 Å². The number of amides is 1. The number of halogens is 2. The van der Waals surface area contributed by atoms with E-state index in [9.17, 15) is 9.18 Å². The number of rotatable bonds is 3. The first-order valence-electron chi connectivity index (χ1n) is 3.82. The summed E-state index contributed by atoms with van der Waals surface area (Å²) in [6, 6.07) is 4.36. The van der Waals surface area contributed by atoms with E-state index < -0.39 is 5.82 Å². The van der Waals surface area contributed by atoms with Crippen LogP contribution in [0, 0.1) is 5.82 Å². The van der Waals surface area contributed by atoms with Crippen LogP contribution in [0.4, 0.5) is 4.39 Å². The van der Waals surface area contributed by atoms with E-state index in [1.807, 2.05) is 0 Å². The summed E-state index contributed by atoms with van der Waals surface area (Å²) in [5, 5.41) is 0.0713. The maximum atomic E-state index is 12.7. The predicted octanol–water partition coefficient (Wildman–Crippen LogP) is 1.90. The maximum Gasteiger partial charge on any atom is 0.217 e. The number of nitrogens with two attached hydrogens (primary N) is 1. The third-order valence-electron chi connectivity index (χ3n) is 1.64. The Morgan fingerprint density at radius 1 is 1.54 bits per heavy atom. The van der Waals surface area contributed by atoms with Crippen LogP contribution in [0.25, 0.3) is 0 Å². The molecule has 1 rings (SSSR count). The molecule has 0 aliphatic heterocycles. The van der Waals surface area contributed by atoms with Crippen molar-refractivity contribution in [2.75, 3.05) is 0 Å². The van der Waals surface area contributed by atoms with E-state index in [4.69, 9.17) is 17.3 Å². The normalized spacial score (nSPS) is 10.0. The molecule has 2 N–H and O–H groups in total. The van der Waals surface area contributed by atoms with Gasteiger partial charge < -0.3 is 5.73 Å². The number of hydrogen-bond donors (Lipinski definition) is 1. The molecule has 4 heteroatoms. The molecule has 0 aliphatic carbocycles. The van der Waals surface area contributed by atoms with E-state index in [0.29, 0.717) is 6.42 Å². The molecule has 0 unspecified atom stereocenters. The molecule has 2 nitrogen and oxygen atoms in total. The number of hydrogen-bond acceptors (Lipinski definition) is 1. The number of carbonyl (C=O) groups excluding carboxylic acids is 1.